The summed E-state index contributed by atoms with van der Waals surface area (Å²) >= 11 is 0. The molecule has 9 nitrogen and oxygen atoms in total. The van der Waals surface area contributed by atoms with E-state index in [-0.39, 0.29) is 11.6 Å². The van der Waals surface area contributed by atoms with Crippen molar-refractivity contribution in [3.05, 3.63) is 47.0 Å². The number of ether oxygens (including phenoxy) is 2. The van der Waals surface area contributed by atoms with Crippen LogP contribution in [0.5, 0.6) is 5.75 Å². The average molecular weight is 349 g/mol. The summed E-state index contributed by atoms with van der Waals surface area (Å²) in [6.07, 6.45) is -2.18. The number of hydrogen-bond acceptors (Lipinski definition) is 8. The van der Waals surface area contributed by atoms with Gasteiger partial charge in [-0.25, -0.2) is 4.79 Å². The van der Waals surface area contributed by atoms with Crippen molar-refractivity contribution in [1.29, 1.82) is 0 Å². The van der Waals surface area contributed by atoms with Gasteiger partial charge in [0.1, 0.15) is 29.9 Å². The molecule has 4 N–H and O–H groups in total. The second-order valence-electron chi connectivity index (χ2n) is 5.58. The highest BCUT2D eigenvalue weighted by atomic mass is 16.6. The lowest BCUT2D eigenvalue weighted by Gasteiger charge is -2.20. The Hall–Kier alpha value is -2.46. The molecule has 25 heavy (non-hydrogen) atoms. The van der Waals surface area contributed by atoms with E-state index in [9.17, 15) is 20.1 Å². The lowest BCUT2D eigenvalue weighted by Crippen LogP contribution is -2.37. The van der Waals surface area contributed by atoms with Crippen molar-refractivity contribution in [2.75, 3.05) is 19.0 Å². The van der Waals surface area contributed by atoms with Gasteiger partial charge in [0, 0.05) is 13.3 Å². The SMILES string of the molecule is CO[C@H]1C(O)[C@@H](CO)O[C@H]1n1ccc(Nc2ccccc2O)nc1=O. The minimum absolute atomic E-state index is 0.0287. The standard InChI is InChI=1S/C16H19N3O6/c1-24-14-13(22)11(8-20)25-15(14)19-7-6-12(18-16(19)23)17-9-4-2-3-5-10(9)21/h2-7,11,13-15,20-22H,8H2,1H3,(H,17,18,23)/t11-,13?,14+,15-/m1/s1. The summed E-state index contributed by atoms with van der Waals surface area (Å²) in [5, 5.41) is 31.9. The summed E-state index contributed by atoms with van der Waals surface area (Å²) in [4.78, 5) is 16.2. The number of para-hydroxylation sites is 2. The first-order valence-electron chi connectivity index (χ1n) is 7.66. The number of phenolic OH excluding ortho intramolecular Hbond substituents is 1. The maximum absolute atomic E-state index is 12.3. The van der Waals surface area contributed by atoms with Crippen molar-refractivity contribution in [2.45, 2.75) is 24.5 Å². The summed E-state index contributed by atoms with van der Waals surface area (Å²) in [5.41, 5.74) is -0.215. The number of nitrogens with zero attached hydrogens (tertiary/aromatic N) is 2. The molecule has 0 radical (unpaired) electrons. The van der Waals surface area contributed by atoms with Gasteiger partial charge < -0.3 is 30.1 Å². The molecule has 1 aliphatic rings. The molecule has 1 saturated heterocycles. The third kappa shape index (κ3) is 3.35. The van der Waals surface area contributed by atoms with Crippen LogP contribution in [0.15, 0.2) is 41.3 Å². The molecule has 1 aromatic carbocycles. The number of anilines is 2. The van der Waals surface area contributed by atoms with Crippen molar-refractivity contribution < 1.29 is 24.8 Å². The highest BCUT2D eigenvalue weighted by Crippen LogP contribution is 2.30. The molecule has 1 fully saturated rings. The van der Waals surface area contributed by atoms with Gasteiger partial charge in [0.15, 0.2) is 6.23 Å². The van der Waals surface area contributed by atoms with Gasteiger partial charge in [-0.05, 0) is 18.2 Å². The third-order valence-corrected chi connectivity index (χ3v) is 4.04. The number of aliphatic hydroxyl groups excluding tert-OH is 2. The van der Waals surface area contributed by atoms with Crippen LogP contribution in [0.4, 0.5) is 11.5 Å². The summed E-state index contributed by atoms with van der Waals surface area (Å²) in [7, 11) is 1.39. The minimum Gasteiger partial charge on any atom is -0.506 e. The van der Waals surface area contributed by atoms with Gasteiger partial charge in [-0.15, -0.1) is 0 Å². The molecule has 134 valence electrons. The second kappa shape index (κ2) is 7.19. The molecule has 0 bridgehead atoms. The fourth-order valence-corrected chi connectivity index (χ4v) is 2.74. The predicted octanol–water partition coefficient (Wildman–Crippen LogP) is -0.0419. The van der Waals surface area contributed by atoms with E-state index < -0.39 is 36.8 Å². The van der Waals surface area contributed by atoms with Gasteiger partial charge in [0.25, 0.3) is 0 Å². The lowest BCUT2D eigenvalue weighted by atomic mass is 10.1. The zero-order valence-electron chi connectivity index (χ0n) is 13.4. The largest absolute Gasteiger partial charge is 0.506 e. The summed E-state index contributed by atoms with van der Waals surface area (Å²) in [6.45, 7) is -0.396. The number of phenols is 1. The van der Waals surface area contributed by atoms with E-state index in [0.29, 0.717) is 5.69 Å². The van der Waals surface area contributed by atoms with Crippen molar-refractivity contribution in [3.8, 4) is 5.75 Å². The Morgan fingerprint density at radius 3 is 2.76 bits per heavy atom. The molecule has 2 heterocycles. The van der Waals surface area contributed by atoms with E-state index >= 15 is 0 Å². The molecule has 1 aliphatic heterocycles. The van der Waals surface area contributed by atoms with Crippen molar-refractivity contribution in [1.82, 2.24) is 9.55 Å². The van der Waals surface area contributed by atoms with Crippen molar-refractivity contribution >= 4 is 11.5 Å². The zero-order valence-corrected chi connectivity index (χ0v) is 13.4. The van der Waals surface area contributed by atoms with Gasteiger partial charge in [-0.2, -0.15) is 4.98 Å². The number of methoxy groups -OCH3 is 1. The second-order valence-corrected chi connectivity index (χ2v) is 5.58. The van der Waals surface area contributed by atoms with Crippen LogP contribution in [0.1, 0.15) is 6.23 Å². The number of hydrogen-bond donors (Lipinski definition) is 4. The predicted molar refractivity (Wildman–Crippen MR) is 87.7 cm³/mol. The first-order chi connectivity index (χ1) is 12.0. The number of nitrogens with one attached hydrogen (secondary N) is 1. The summed E-state index contributed by atoms with van der Waals surface area (Å²) in [6, 6.07) is 8.09. The Labute approximate surface area is 143 Å². The fourth-order valence-electron chi connectivity index (χ4n) is 2.74. The van der Waals surface area contributed by atoms with Crippen molar-refractivity contribution in [3.63, 3.8) is 0 Å². The van der Waals surface area contributed by atoms with Crippen LogP contribution in [0, 0.1) is 0 Å². The van der Waals surface area contributed by atoms with E-state index in [0.717, 1.165) is 0 Å². The minimum atomic E-state index is -1.06. The topological polar surface area (TPSA) is 126 Å². The Kier molecular flexibility index (Phi) is 5.00. The quantitative estimate of drug-likeness (QED) is 0.554. The van der Waals surface area contributed by atoms with E-state index in [4.69, 9.17) is 9.47 Å². The maximum atomic E-state index is 12.3. The molecular formula is C16H19N3O6. The molecule has 0 saturated carbocycles. The third-order valence-electron chi connectivity index (χ3n) is 4.04. The van der Waals surface area contributed by atoms with Crippen LogP contribution in [-0.4, -0.2) is 56.9 Å². The number of rotatable bonds is 5. The van der Waals surface area contributed by atoms with Crippen LogP contribution in [0.3, 0.4) is 0 Å². The molecule has 2 aromatic rings. The molecular weight excluding hydrogens is 330 g/mol. The fraction of sp³-hybridized carbons (Fsp3) is 0.375. The van der Waals surface area contributed by atoms with Gasteiger partial charge in [0.05, 0.1) is 12.3 Å². The lowest BCUT2D eigenvalue weighted by molar-refractivity contribution is -0.0624. The first kappa shape index (κ1) is 17.4. The van der Waals surface area contributed by atoms with E-state index in [1.807, 2.05) is 0 Å². The molecule has 0 aliphatic carbocycles. The van der Waals surface area contributed by atoms with Crippen LogP contribution in [0.25, 0.3) is 0 Å². The van der Waals surface area contributed by atoms with Gasteiger partial charge in [0.2, 0.25) is 0 Å². The van der Waals surface area contributed by atoms with E-state index in [1.165, 1.54) is 30.0 Å². The van der Waals surface area contributed by atoms with Gasteiger partial charge >= 0.3 is 5.69 Å². The van der Waals surface area contributed by atoms with Crippen LogP contribution >= 0.6 is 0 Å². The van der Waals surface area contributed by atoms with E-state index in [2.05, 4.69) is 10.3 Å². The number of aromatic hydroxyl groups is 1. The molecule has 9 heteroatoms. The first-order valence-corrected chi connectivity index (χ1v) is 7.66. The van der Waals surface area contributed by atoms with Gasteiger partial charge in [-0.1, -0.05) is 12.1 Å². The van der Waals surface area contributed by atoms with Crippen LogP contribution in [0.2, 0.25) is 0 Å². The molecule has 1 aromatic heterocycles. The van der Waals surface area contributed by atoms with Crippen LogP contribution < -0.4 is 11.0 Å². The molecule has 0 amide bonds. The smallest absolute Gasteiger partial charge is 0.351 e. The summed E-state index contributed by atoms with van der Waals surface area (Å²) in [5.74, 6) is 0.273. The average Bonchev–Trinajstić information content (AvgIpc) is 2.92. The summed E-state index contributed by atoms with van der Waals surface area (Å²) < 4.78 is 11.9. The Morgan fingerprint density at radius 2 is 2.12 bits per heavy atom. The van der Waals surface area contributed by atoms with Gasteiger partial charge in [-0.3, -0.25) is 4.57 Å². The normalized spacial score (nSPS) is 25.9. The van der Waals surface area contributed by atoms with Crippen molar-refractivity contribution in [2.24, 2.45) is 0 Å². The van der Waals surface area contributed by atoms with Crippen LogP contribution in [-0.2, 0) is 9.47 Å². The molecule has 1 unspecified atom stereocenters. The zero-order chi connectivity index (χ0) is 18.0. The number of aromatic nitrogens is 2. The Bertz CT molecular complexity index is 795. The molecule has 0 spiro atoms. The Morgan fingerprint density at radius 1 is 1.36 bits per heavy atom. The highest BCUT2D eigenvalue weighted by molar-refractivity contribution is 5.62. The highest BCUT2D eigenvalue weighted by Gasteiger charge is 2.45. The molecule has 3 rings (SSSR count). The van der Waals surface area contributed by atoms with E-state index in [1.54, 1.807) is 18.2 Å². The number of benzene rings is 1. The Balaban J connectivity index is 1.85. The molecule has 4 atom stereocenters. The maximum Gasteiger partial charge on any atom is 0.351 e. The number of aliphatic hydroxyl groups is 2. The monoisotopic (exact) mass is 349 g/mol.